The van der Waals surface area contributed by atoms with E-state index in [1.807, 2.05) is 37.3 Å². The number of hydrogen-bond donors (Lipinski definition) is 2. The van der Waals surface area contributed by atoms with Crippen LogP contribution in [-0.2, 0) is 20.9 Å². The summed E-state index contributed by atoms with van der Waals surface area (Å²) in [5.41, 5.74) is 0.867. The Morgan fingerprint density at radius 3 is 2.59 bits per heavy atom. The first kappa shape index (κ1) is 20.7. The van der Waals surface area contributed by atoms with Crippen molar-refractivity contribution in [2.75, 3.05) is 6.54 Å². The molecule has 0 spiro atoms. The zero-order valence-corrected chi connectivity index (χ0v) is 15.9. The first-order valence-electron chi connectivity index (χ1n) is 9.44. The molecule has 1 aromatic carbocycles. The van der Waals surface area contributed by atoms with Gasteiger partial charge < -0.3 is 15.2 Å². The average molecular weight is 376 g/mol. The Hall–Kier alpha value is -2.57. The molecule has 1 aliphatic heterocycles. The van der Waals surface area contributed by atoms with Gasteiger partial charge in [0.05, 0.1) is 0 Å². The van der Waals surface area contributed by atoms with Gasteiger partial charge in [-0.15, -0.1) is 0 Å². The van der Waals surface area contributed by atoms with Crippen LogP contribution >= 0.6 is 0 Å². The van der Waals surface area contributed by atoms with Gasteiger partial charge in [-0.3, -0.25) is 9.69 Å². The van der Waals surface area contributed by atoms with E-state index >= 15 is 0 Å². The summed E-state index contributed by atoms with van der Waals surface area (Å²) in [6, 6.07) is 7.66. The van der Waals surface area contributed by atoms with Crippen molar-refractivity contribution in [3.05, 3.63) is 35.9 Å². The normalized spacial score (nSPS) is 19.0. The first-order chi connectivity index (χ1) is 12.9. The maximum atomic E-state index is 12.7. The Bertz CT molecular complexity index is 649. The number of piperidine rings is 1. The number of aliphatic carboxylic acids is 1. The molecule has 0 aromatic heterocycles. The quantitative estimate of drug-likeness (QED) is 0.763. The van der Waals surface area contributed by atoms with Crippen LogP contribution in [0.4, 0.5) is 4.79 Å². The highest BCUT2D eigenvalue weighted by Gasteiger charge is 2.36. The third-order valence-electron chi connectivity index (χ3n) is 5.02. The zero-order chi connectivity index (χ0) is 19.8. The summed E-state index contributed by atoms with van der Waals surface area (Å²) >= 11 is 0. The average Bonchev–Trinajstić information content (AvgIpc) is 2.70. The number of amides is 2. The highest BCUT2D eigenvalue weighted by Crippen LogP contribution is 2.20. The molecular weight excluding hydrogens is 348 g/mol. The minimum atomic E-state index is -1.06. The van der Waals surface area contributed by atoms with Crippen LogP contribution in [0.3, 0.4) is 0 Å². The topological polar surface area (TPSA) is 95.9 Å². The van der Waals surface area contributed by atoms with E-state index in [-0.39, 0.29) is 12.5 Å². The number of rotatable bonds is 7. The molecule has 0 unspecified atom stereocenters. The van der Waals surface area contributed by atoms with Gasteiger partial charge in [0.15, 0.2) is 0 Å². The summed E-state index contributed by atoms with van der Waals surface area (Å²) in [4.78, 5) is 38.1. The second-order valence-corrected chi connectivity index (χ2v) is 6.96. The van der Waals surface area contributed by atoms with Gasteiger partial charge in [-0.2, -0.15) is 0 Å². The first-order valence-corrected chi connectivity index (χ1v) is 9.44. The van der Waals surface area contributed by atoms with E-state index in [1.54, 1.807) is 6.92 Å². The Morgan fingerprint density at radius 1 is 1.26 bits per heavy atom. The fraction of sp³-hybridized carbons (Fsp3) is 0.550. The van der Waals surface area contributed by atoms with Gasteiger partial charge in [0, 0.05) is 6.54 Å². The van der Waals surface area contributed by atoms with Crippen LogP contribution in [0.15, 0.2) is 30.3 Å². The van der Waals surface area contributed by atoms with E-state index in [2.05, 4.69) is 5.32 Å². The Kier molecular flexibility index (Phi) is 7.64. The van der Waals surface area contributed by atoms with E-state index < -0.39 is 30.1 Å². The van der Waals surface area contributed by atoms with Crippen LogP contribution in [0.1, 0.15) is 45.1 Å². The summed E-state index contributed by atoms with van der Waals surface area (Å²) in [6.07, 6.45) is 2.18. The summed E-state index contributed by atoms with van der Waals surface area (Å²) in [6.45, 7) is 4.22. The number of likely N-dealkylation sites (tertiary alicyclic amines) is 1. The molecule has 2 rings (SSSR count). The van der Waals surface area contributed by atoms with E-state index in [4.69, 9.17) is 4.74 Å². The van der Waals surface area contributed by atoms with Gasteiger partial charge >= 0.3 is 12.1 Å². The van der Waals surface area contributed by atoms with E-state index in [0.29, 0.717) is 19.4 Å². The van der Waals surface area contributed by atoms with Gasteiger partial charge in [-0.25, -0.2) is 9.59 Å². The molecule has 0 bridgehead atoms. The lowest BCUT2D eigenvalue weighted by Crippen LogP contribution is -2.56. The second kappa shape index (κ2) is 9.94. The van der Waals surface area contributed by atoms with Gasteiger partial charge in [-0.05, 0) is 30.7 Å². The Balaban J connectivity index is 2.01. The maximum Gasteiger partial charge on any atom is 0.410 e. The predicted octanol–water partition coefficient (Wildman–Crippen LogP) is 2.79. The van der Waals surface area contributed by atoms with Crippen LogP contribution in [0.25, 0.3) is 0 Å². The van der Waals surface area contributed by atoms with Crippen LogP contribution in [0.5, 0.6) is 0 Å². The smallest absolute Gasteiger partial charge is 0.410 e. The molecule has 2 N–H and O–H groups in total. The SMILES string of the molecule is CC[C@@H](C)[C@H](NC(=O)[C@H]1CCCCN1C(=O)OCc1ccccc1)C(=O)O. The minimum absolute atomic E-state index is 0.134. The minimum Gasteiger partial charge on any atom is -0.480 e. The molecule has 1 fully saturated rings. The van der Waals surface area contributed by atoms with E-state index in [1.165, 1.54) is 4.90 Å². The number of carboxylic acid groups (broad SMARTS) is 1. The van der Waals surface area contributed by atoms with Crippen molar-refractivity contribution in [1.29, 1.82) is 0 Å². The summed E-state index contributed by atoms with van der Waals surface area (Å²) < 4.78 is 5.36. The number of hydrogen-bond acceptors (Lipinski definition) is 4. The Labute approximate surface area is 159 Å². The number of carbonyl (C=O) groups excluding carboxylic acids is 2. The number of nitrogens with zero attached hydrogens (tertiary/aromatic N) is 1. The fourth-order valence-electron chi connectivity index (χ4n) is 3.16. The van der Waals surface area contributed by atoms with E-state index in [9.17, 15) is 19.5 Å². The van der Waals surface area contributed by atoms with Gasteiger partial charge in [0.2, 0.25) is 5.91 Å². The Morgan fingerprint density at radius 2 is 1.96 bits per heavy atom. The lowest BCUT2D eigenvalue weighted by atomic mass is 9.97. The highest BCUT2D eigenvalue weighted by molar-refractivity contribution is 5.89. The molecule has 7 heteroatoms. The number of carbonyl (C=O) groups is 3. The third kappa shape index (κ3) is 5.70. The van der Waals surface area contributed by atoms with Crippen molar-refractivity contribution < 1.29 is 24.2 Å². The van der Waals surface area contributed by atoms with Crippen molar-refractivity contribution in [3.63, 3.8) is 0 Å². The van der Waals surface area contributed by atoms with Gasteiger partial charge in [-0.1, -0.05) is 50.6 Å². The van der Waals surface area contributed by atoms with Crippen molar-refractivity contribution in [2.45, 2.75) is 58.2 Å². The van der Waals surface area contributed by atoms with E-state index in [0.717, 1.165) is 18.4 Å². The molecule has 2 amide bonds. The number of ether oxygens (including phenoxy) is 1. The second-order valence-electron chi connectivity index (χ2n) is 6.96. The lowest BCUT2D eigenvalue weighted by Gasteiger charge is -2.35. The van der Waals surface area contributed by atoms with Crippen molar-refractivity contribution in [1.82, 2.24) is 10.2 Å². The highest BCUT2D eigenvalue weighted by atomic mass is 16.6. The van der Waals surface area contributed by atoms with Crippen molar-refractivity contribution in [2.24, 2.45) is 5.92 Å². The number of carboxylic acids is 1. The van der Waals surface area contributed by atoms with Gasteiger partial charge in [0.1, 0.15) is 18.7 Å². The summed E-state index contributed by atoms with van der Waals surface area (Å²) in [5, 5.41) is 12.0. The third-order valence-corrected chi connectivity index (χ3v) is 5.02. The van der Waals surface area contributed by atoms with Crippen LogP contribution in [0.2, 0.25) is 0 Å². The largest absolute Gasteiger partial charge is 0.480 e. The molecule has 1 heterocycles. The molecule has 148 valence electrons. The molecule has 0 radical (unpaired) electrons. The molecule has 1 aliphatic rings. The van der Waals surface area contributed by atoms with Crippen LogP contribution < -0.4 is 5.32 Å². The van der Waals surface area contributed by atoms with Gasteiger partial charge in [0.25, 0.3) is 0 Å². The van der Waals surface area contributed by atoms with Crippen LogP contribution in [-0.4, -0.2) is 46.6 Å². The van der Waals surface area contributed by atoms with Crippen molar-refractivity contribution in [3.8, 4) is 0 Å². The molecular formula is C20H28N2O5. The monoisotopic (exact) mass is 376 g/mol. The summed E-state index contributed by atoms with van der Waals surface area (Å²) in [7, 11) is 0. The molecule has 7 nitrogen and oxygen atoms in total. The molecule has 27 heavy (non-hydrogen) atoms. The predicted molar refractivity (Wildman–Crippen MR) is 100.0 cm³/mol. The summed E-state index contributed by atoms with van der Waals surface area (Å²) in [5.74, 6) is -1.70. The number of benzene rings is 1. The standard InChI is InChI=1S/C20H28N2O5/c1-3-14(2)17(19(24)25)21-18(23)16-11-7-8-12-22(16)20(26)27-13-15-9-5-4-6-10-15/h4-6,9-10,14,16-17H,3,7-8,11-13H2,1-2H3,(H,21,23)(H,24,25)/t14-,16-,17+/m1/s1. The lowest BCUT2D eigenvalue weighted by molar-refractivity contribution is -0.144. The van der Waals surface area contributed by atoms with Crippen LogP contribution in [0, 0.1) is 5.92 Å². The van der Waals surface area contributed by atoms with Crippen molar-refractivity contribution >= 4 is 18.0 Å². The maximum absolute atomic E-state index is 12.7. The molecule has 0 aliphatic carbocycles. The fourth-order valence-corrected chi connectivity index (χ4v) is 3.16. The molecule has 0 saturated carbocycles. The molecule has 1 aromatic rings. The molecule has 3 atom stereocenters. The molecule has 1 saturated heterocycles. The number of nitrogens with one attached hydrogen (secondary N) is 1. The zero-order valence-electron chi connectivity index (χ0n) is 15.9.